The van der Waals surface area contributed by atoms with E-state index >= 15 is 0 Å². The zero-order valence-electron chi connectivity index (χ0n) is 10.1. The minimum Gasteiger partial charge on any atom is -0.379 e. The van der Waals surface area contributed by atoms with Gasteiger partial charge in [-0.15, -0.1) is 0 Å². The van der Waals surface area contributed by atoms with Gasteiger partial charge in [0, 0.05) is 22.1 Å². The first-order valence-electron chi connectivity index (χ1n) is 5.59. The van der Waals surface area contributed by atoms with Gasteiger partial charge in [0.15, 0.2) is 5.82 Å². The van der Waals surface area contributed by atoms with Gasteiger partial charge in [0.05, 0.1) is 16.7 Å². The van der Waals surface area contributed by atoms with E-state index in [1.165, 1.54) is 12.1 Å². The number of benzene rings is 2. The lowest BCUT2D eigenvalue weighted by molar-refractivity contribution is -0.385. The zero-order chi connectivity index (χ0) is 14.7. The van der Waals surface area contributed by atoms with Crippen LogP contribution in [0.5, 0.6) is 0 Å². The topological polar surface area (TPSA) is 55.2 Å². The molecule has 0 saturated heterocycles. The highest BCUT2D eigenvalue weighted by Gasteiger charge is 2.10. The van der Waals surface area contributed by atoms with E-state index in [2.05, 4.69) is 21.2 Å². The highest BCUT2D eigenvalue weighted by Crippen LogP contribution is 2.24. The maximum absolute atomic E-state index is 13.7. The number of non-ortho nitro benzene ring substituents is 1. The van der Waals surface area contributed by atoms with Crippen LogP contribution in [0.4, 0.5) is 15.8 Å². The quantitative estimate of drug-likeness (QED) is 0.632. The third-order valence-electron chi connectivity index (χ3n) is 2.65. The molecule has 0 aliphatic rings. The molecule has 0 aromatic heterocycles. The lowest BCUT2D eigenvalue weighted by Gasteiger charge is -2.09. The molecule has 2 rings (SSSR count). The largest absolute Gasteiger partial charge is 0.379 e. The molecule has 0 atom stereocenters. The van der Waals surface area contributed by atoms with E-state index in [4.69, 9.17) is 11.6 Å². The minimum atomic E-state index is -0.674. The Morgan fingerprint density at radius 3 is 2.65 bits per heavy atom. The molecule has 0 spiro atoms. The summed E-state index contributed by atoms with van der Waals surface area (Å²) in [5.74, 6) is -0.674. The molecule has 0 bridgehead atoms. The highest BCUT2D eigenvalue weighted by molar-refractivity contribution is 9.10. The fourth-order valence-electron chi connectivity index (χ4n) is 1.62. The van der Waals surface area contributed by atoms with E-state index < -0.39 is 10.7 Å². The molecular weight excluding hydrogens is 351 g/mol. The van der Waals surface area contributed by atoms with Gasteiger partial charge in [-0.1, -0.05) is 33.6 Å². The van der Waals surface area contributed by atoms with Crippen LogP contribution >= 0.6 is 27.5 Å². The Hall–Kier alpha value is -1.66. The molecule has 0 aliphatic heterocycles. The molecule has 104 valence electrons. The lowest BCUT2D eigenvalue weighted by Crippen LogP contribution is -2.02. The molecule has 20 heavy (non-hydrogen) atoms. The first kappa shape index (κ1) is 14.7. The first-order valence-corrected chi connectivity index (χ1v) is 6.76. The molecule has 2 aromatic rings. The normalized spacial score (nSPS) is 10.3. The third kappa shape index (κ3) is 3.46. The van der Waals surface area contributed by atoms with Gasteiger partial charge in [-0.2, -0.15) is 0 Å². The second-order valence-electron chi connectivity index (χ2n) is 4.01. The Balaban J connectivity index is 2.13. The monoisotopic (exact) mass is 358 g/mol. The Labute approximate surface area is 127 Å². The summed E-state index contributed by atoms with van der Waals surface area (Å²) in [4.78, 5) is 9.88. The number of nitro benzene ring substituents is 1. The minimum absolute atomic E-state index is 0.189. The highest BCUT2D eigenvalue weighted by atomic mass is 79.9. The molecule has 7 heteroatoms. The maximum Gasteiger partial charge on any atom is 0.272 e. The summed E-state index contributed by atoms with van der Waals surface area (Å²) in [5.41, 5.74) is 0.705. The summed E-state index contributed by atoms with van der Waals surface area (Å²) in [7, 11) is 0. The van der Waals surface area contributed by atoms with Crippen molar-refractivity contribution in [2.24, 2.45) is 0 Å². The van der Waals surface area contributed by atoms with Crippen LogP contribution in [0, 0.1) is 15.9 Å². The van der Waals surface area contributed by atoms with Crippen LogP contribution in [0.3, 0.4) is 0 Å². The number of halogens is 3. The predicted molar refractivity (Wildman–Crippen MR) is 79.5 cm³/mol. The Morgan fingerprint density at radius 1 is 1.30 bits per heavy atom. The molecule has 0 heterocycles. The van der Waals surface area contributed by atoms with Crippen LogP contribution in [0.15, 0.2) is 40.9 Å². The van der Waals surface area contributed by atoms with Gasteiger partial charge in [0.25, 0.3) is 5.69 Å². The van der Waals surface area contributed by atoms with Crippen molar-refractivity contribution in [1.82, 2.24) is 0 Å². The summed E-state index contributed by atoms with van der Waals surface area (Å²) in [6.45, 7) is 0.320. The molecular formula is C13H9BrClFN2O2. The molecule has 0 fully saturated rings. The van der Waals surface area contributed by atoms with Crippen molar-refractivity contribution in [3.8, 4) is 0 Å². The fraction of sp³-hybridized carbons (Fsp3) is 0.0769. The summed E-state index contributed by atoms with van der Waals surface area (Å²) >= 11 is 9.35. The van der Waals surface area contributed by atoms with Crippen molar-refractivity contribution in [3.05, 3.63) is 67.4 Å². The maximum atomic E-state index is 13.7. The van der Waals surface area contributed by atoms with Gasteiger partial charge in [0.2, 0.25) is 0 Å². The van der Waals surface area contributed by atoms with Crippen LogP contribution in [0.25, 0.3) is 0 Å². The number of hydrogen-bond acceptors (Lipinski definition) is 3. The van der Waals surface area contributed by atoms with Gasteiger partial charge in [-0.25, -0.2) is 4.39 Å². The lowest BCUT2D eigenvalue weighted by atomic mass is 10.2. The third-order valence-corrected chi connectivity index (χ3v) is 3.49. The standard InChI is InChI=1S/C13H9BrClFN2O2/c14-9-2-1-8(11(15)5-9)7-17-13-4-3-10(18(19)20)6-12(13)16/h1-6,17H,7H2. The molecule has 2 aromatic carbocycles. The molecule has 0 radical (unpaired) electrons. The molecule has 1 N–H and O–H groups in total. The average molecular weight is 360 g/mol. The number of anilines is 1. The molecule has 0 amide bonds. The summed E-state index contributed by atoms with van der Waals surface area (Å²) in [6.07, 6.45) is 0. The van der Waals surface area contributed by atoms with Crippen molar-refractivity contribution >= 4 is 38.9 Å². The Bertz CT molecular complexity index is 667. The van der Waals surface area contributed by atoms with E-state index in [-0.39, 0.29) is 11.4 Å². The SMILES string of the molecule is O=[N+]([O-])c1ccc(NCc2ccc(Br)cc2Cl)c(F)c1. The van der Waals surface area contributed by atoms with Gasteiger partial charge in [-0.05, 0) is 23.8 Å². The number of nitrogens with zero attached hydrogens (tertiary/aromatic N) is 1. The van der Waals surface area contributed by atoms with Crippen LogP contribution in [-0.4, -0.2) is 4.92 Å². The van der Waals surface area contributed by atoms with Gasteiger partial charge in [-0.3, -0.25) is 10.1 Å². The van der Waals surface area contributed by atoms with Crippen molar-refractivity contribution in [3.63, 3.8) is 0 Å². The summed E-state index contributed by atoms with van der Waals surface area (Å²) < 4.78 is 14.5. The van der Waals surface area contributed by atoms with Crippen LogP contribution in [0.2, 0.25) is 5.02 Å². The van der Waals surface area contributed by atoms with Crippen molar-refractivity contribution in [2.45, 2.75) is 6.54 Å². The zero-order valence-corrected chi connectivity index (χ0v) is 12.4. The molecule has 0 aliphatic carbocycles. The second kappa shape index (κ2) is 6.19. The first-order chi connectivity index (χ1) is 9.47. The molecule has 0 unspecified atom stereocenters. The Kier molecular flexibility index (Phi) is 4.57. The van der Waals surface area contributed by atoms with Crippen molar-refractivity contribution < 1.29 is 9.31 Å². The smallest absolute Gasteiger partial charge is 0.272 e. The van der Waals surface area contributed by atoms with E-state index in [1.807, 2.05) is 12.1 Å². The molecule has 0 saturated carbocycles. The van der Waals surface area contributed by atoms with E-state index in [1.54, 1.807) is 6.07 Å². The number of nitro groups is 1. The van der Waals surface area contributed by atoms with Gasteiger partial charge < -0.3 is 5.32 Å². The summed E-state index contributed by atoms with van der Waals surface area (Å²) in [6, 6.07) is 8.84. The van der Waals surface area contributed by atoms with E-state index in [9.17, 15) is 14.5 Å². The summed E-state index contributed by atoms with van der Waals surface area (Å²) in [5, 5.41) is 13.9. The van der Waals surface area contributed by atoms with Gasteiger partial charge in [0.1, 0.15) is 0 Å². The average Bonchev–Trinajstić information content (AvgIpc) is 2.38. The van der Waals surface area contributed by atoms with Crippen LogP contribution < -0.4 is 5.32 Å². The van der Waals surface area contributed by atoms with Gasteiger partial charge >= 0.3 is 0 Å². The van der Waals surface area contributed by atoms with Crippen molar-refractivity contribution in [2.75, 3.05) is 5.32 Å². The Morgan fingerprint density at radius 2 is 2.05 bits per heavy atom. The van der Waals surface area contributed by atoms with E-state index in [0.717, 1.165) is 16.1 Å². The number of nitrogens with one attached hydrogen (secondary N) is 1. The molecule has 4 nitrogen and oxygen atoms in total. The van der Waals surface area contributed by atoms with Crippen molar-refractivity contribution in [1.29, 1.82) is 0 Å². The van der Waals surface area contributed by atoms with Crippen LogP contribution in [-0.2, 0) is 6.54 Å². The fourth-order valence-corrected chi connectivity index (χ4v) is 2.36. The second-order valence-corrected chi connectivity index (χ2v) is 5.33. The number of hydrogen-bond donors (Lipinski definition) is 1. The van der Waals surface area contributed by atoms with Crippen LogP contribution in [0.1, 0.15) is 5.56 Å². The van der Waals surface area contributed by atoms with E-state index in [0.29, 0.717) is 11.6 Å². The predicted octanol–water partition coefficient (Wildman–Crippen LogP) is 4.76. The number of rotatable bonds is 4.